The van der Waals surface area contributed by atoms with E-state index in [0.29, 0.717) is 17.4 Å². The number of rotatable bonds is 3. The Hall–Kier alpha value is -0.860. The Kier molecular flexibility index (Phi) is 5.11. The largest absolute Gasteiger partial charge is 0.271 e. The highest BCUT2D eigenvalue weighted by molar-refractivity contribution is 5.33. The van der Waals surface area contributed by atoms with Crippen LogP contribution in [0.4, 0.5) is 0 Å². The van der Waals surface area contributed by atoms with Gasteiger partial charge >= 0.3 is 0 Å². The Morgan fingerprint density at radius 2 is 1.71 bits per heavy atom. The molecule has 1 aliphatic carbocycles. The van der Waals surface area contributed by atoms with Crippen molar-refractivity contribution in [1.29, 1.82) is 0 Å². The lowest BCUT2D eigenvalue weighted by Gasteiger charge is -2.39. The first-order valence-corrected chi connectivity index (χ1v) is 8.36. The zero-order valence-corrected chi connectivity index (χ0v) is 14.4. The van der Waals surface area contributed by atoms with Gasteiger partial charge in [0.15, 0.2) is 0 Å². The molecule has 0 aliphatic heterocycles. The van der Waals surface area contributed by atoms with E-state index in [2.05, 4.69) is 58.2 Å². The zero-order chi connectivity index (χ0) is 15.6. The van der Waals surface area contributed by atoms with Crippen LogP contribution in [0.3, 0.4) is 0 Å². The van der Waals surface area contributed by atoms with Gasteiger partial charge in [0.2, 0.25) is 0 Å². The molecule has 2 heteroatoms. The number of hydrogen-bond acceptors (Lipinski definition) is 2. The average molecular weight is 288 g/mol. The number of hydrogen-bond donors (Lipinski definition) is 2. The molecule has 0 bridgehead atoms. The number of benzene rings is 1. The normalized spacial score (nSPS) is 24.9. The lowest BCUT2D eigenvalue weighted by Crippen LogP contribution is -2.37. The third kappa shape index (κ3) is 3.87. The molecule has 0 radical (unpaired) electrons. The summed E-state index contributed by atoms with van der Waals surface area (Å²) in [5.41, 5.74) is 7.60. The molecule has 0 spiro atoms. The second kappa shape index (κ2) is 6.50. The molecule has 0 saturated heterocycles. The van der Waals surface area contributed by atoms with Crippen LogP contribution in [-0.2, 0) is 0 Å². The predicted molar refractivity (Wildman–Crippen MR) is 90.9 cm³/mol. The minimum Gasteiger partial charge on any atom is -0.271 e. The van der Waals surface area contributed by atoms with E-state index in [-0.39, 0.29) is 0 Å². The summed E-state index contributed by atoms with van der Waals surface area (Å²) in [7, 11) is 0. The number of nitrogens with two attached hydrogens (primary N) is 1. The van der Waals surface area contributed by atoms with Crippen LogP contribution in [-0.4, -0.2) is 0 Å². The maximum Gasteiger partial charge on any atom is 0.0490 e. The van der Waals surface area contributed by atoms with E-state index in [1.165, 1.54) is 42.4 Å². The Bertz CT molecular complexity index is 465. The lowest BCUT2D eigenvalue weighted by atomic mass is 9.68. The smallest absolute Gasteiger partial charge is 0.0490 e. The molecule has 2 rings (SSSR count). The van der Waals surface area contributed by atoms with Crippen molar-refractivity contribution in [1.82, 2.24) is 5.43 Å². The quantitative estimate of drug-likeness (QED) is 0.627. The fourth-order valence-electron chi connectivity index (χ4n) is 3.97. The molecule has 0 aromatic heterocycles. The Labute approximate surface area is 130 Å². The lowest BCUT2D eigenvalue weighted by molar-refractivity contribution is 0.132. The van der Waals surface area contributed by atoms with Gasteiger partial charge in [-0.1, -0.05) is 44.5 Å². The van der Waals surface area contributed by atoms with Crippen molar-refractivity contribution in [3.8, 4) is 0 Å². The van der Waals surface area contributed by atoms with Crippen LogP contribution in [0.1, 0.15) is 69.2 Å². The van der Waals surface area contributed by atoms with Gasteiger partial charge in [-0.3, -0.25) is 11.3 Å². The van der Waals surface area contributed by atoms with Crippen LogP contribution >= 0.6 is 0 Å². The second-order valence-electron chi connectivity index (χ2n) is 7.98. The summed E-state index contributed by atoms with van der Waals surface area (Å²) in [6, 6.07) is 7.02. The molecule has 1 aliphatic rings. The van der Waals surface area contributed by atoms with Crippen molar-refractivity contribution in [3.63, 3.8) is 0 Å². The Morgan fingerprint density at radius 1 is 1.10 bits per heavy atom. The fourth-order valence-corrected chi connectivity index (χ4v) is 3.97. The number of nitrogens with one attached hydrogen (secondary N) is 1. The fraction of sp³-hybridized carbons (Fsp3) is 0.684. The number of aryl methyl sites for hydroxylation is 2. The van der Waals surface area contributed by atoms with Crippen LogP contribution in [0.5, 0.6) is 0 Å². The molecule has 1 fully saturated rings. The van der Waals surface area contributed by atoms with Gasteiger partial charge in [0.05, 0.1) is 0 Å². The molecule has 0 heterocycles. The summed E-state index contributed by atoms with van der Waals surface area (Å²) < 4.78 is 0. The summed E-state index contributed by atoms with van der Waals surface area (Å²) in [6.45, 7) is 11.5. The Balaban J connectivity index is 2.09. The summed E-state index contributed by atoms with van der Waals surface area (Å²) in [5, 5.41) is 0. The first-order valence-electron chi connectivity index (χ1n) is 8.36. The summed E-state index contributed by atoms with van der Waals surface area (Å²) in [6.07, 6.45) is 5.22. The van der Waals surface area contributed by atoms with Crippen LogP contribution in [0, 0.1) is 31.1 Å². The van der Waals surface area contributed by atoms with Crippen LogP contribution in [0.2, 0.25) is 0 Å². The molecule has 1 atom stereocenters. The van der Waals surface area contributed by atoms with E-state index in [4.69, 9.17) is 5.84 Å². The topological polar surface area (TPSA) is 38.0 Å². The summed E-state index contributed by atoms with van der Waals surface area (Å²) in [4.78, 5) is 0. The average Bonchev–Trinajstić information content (AvgIpc) is 2.41. The minimum absolute atomic E-state index is 0.298. The SMILES string of the molecule is Cc1ccc(C(NN)C2CCC(C(C)(C)C)CC2)c(C)c1. The van der Waals surface area contributed by atoms with Crippen LogP contribution in [0.25, 0.3) is 0 Å². The van der Waals surface area contributed by atoms with Crippen LogP contribution < -0.4 is 11.3 Å². The molecule has 1 aromatic rings. The first kappa shape index (κ1) is 16.5. The van der Waals surface area contributed by atoms with Gasteiger partial charge in [-0.15, -0.1) is 0 Å². The molecule has 3 N–H and O–H groups in total. The second-order valence-corrected chi connectivity index (χ2v) is 7.98. The van der Waals surface area contributed by atoms with E-state index in [1.54, 1.807) is 0 Å². The van der Waals surface area contributed by atoms with Gasteiger partial charge in [-0.25, -0.2) is 0 Å². The minimum atomic E-state index is 0.298. The Morgan fingerprint density at radius 3 is 2.19 bits per heavy atom. The van der Waals surface area contributed by atoms with Gasteiger partial charge in [-0.05, 0) is 67.9 Å². The summed E-state index contributed by atoms with van der Waals surface area (Å²) in [5.74, 6) is 7.43. The zero-order valence-electron chi connectivity index (χ0n) is 14.4. The van der Waals surface area contributed by atoms with Gasteiger partial charge < -0.3 is 0 Å². The van der Waals surface area contributed by atoms with Gasteiger partial charge in [0.25, 0.3) is 0 Å². The van der Waals surface area contributed by atoms with E-state index >= 15 is 0 Å². The number of hydrazine groups is 1. The molecule has 1 unspecified atom stereocenters. The van der Waals surface area contributed by atoms with Gasteiger partial charge in [0.1, 0.15) is 0 Å². The highest BCUT2D eigenvalue weighted by Gasteiger charge is 2.33. The molecular weight excluding hydrogens is 256 g/mol. The van der Waals surface area contributed by atoms with E-state index < -0.39 is 0 Å². The maximum absolute atomic E-state index is 5.91. The summed E-state index contributed by atoms with van der Waals surface area (Å²) >= 11 is 0. The third-order valence-corrected chi connectivity index (χ3v) is 5.41. The van der Waals surface area contributed by atoms with E-state index in [0.717, 1.165) is 5.92 Å². The first-order chi connectivity index (χ1) is 9.82. The van der Waals surface area contributed by atoms with Gasteiger partial charge in [-0.2, -0.15) is 0 Å². The molecule has 21 heavy (non-hydrogen) atoms. The van der Waals surface area contributed by atoms with Crippen molar-refractivity contribution in [2.75, 3.05) is 0 Å². The molecule has 1 saturated carbocycles. The van der Waals surface area contributed by atoms with Crippen LogP contribution in [0.15, 0.2) is 18.2 Å². The third-order valence-electron chi connectivity index (χ3n) is 5.41. The standard InChI is InChI=1S/C19H32N2/c1-13-6-11-17(14(2)12-13)18(21-20)15-7-9-16(10-8-15)19(3,4)5/h6,11-12,15-16,18,21H,7-10,20H2,1-5H3. The molecule has 1 aromatic carbocycles. The van der Waals surface area contributed by atoms with Crippen molar-refractivity contribution >= 4 is 0 Å². The molecule has 2 nitrogen and oxygen atoms in total. The predicted octanol–water partition coefficient (Wildman–Crippen LogP) is 4.66. The highest BCUT2D eigenvalue weighted by atomic mass is 15.2. The molecular formula is C19H32N2. The van der Waals surface area contributed by atoms with Crippen molar-refractivity contribution < 1.29 is 0 Å². The van der Waals surface area contributed by atoms with E-state index in [1.807, 2.05) is 0 Å². The van der Waals surface area contributed by atoms with Crippen molar-refractivity contribution in [2.24, 2.45) is 23.1 Å². The van der Waals surface area contributed by atoms with Crippen molar-refractivity contribution in [2.45, 2.75) is 66.3 Å². The molecule has 118 valence electrons. The van der Waals surface area contributed by atoms with Crippen molar-refractivity contribution in [3.05, 3.63) is 34.9 Å². The molecule has 0 amide bonds. The maximum atomic E-state index is 5.91. The highest BCUT2D eigenvalue weighted by Crippen LogP contribution is 2.43. The monoisotopic (exact) mass is 288 g/mol. The van der Waals surface area contributed by atoms with E-state index in [9.17, 15) is 0 Å². The van der Waals surface area contributed by atoms with Gasteiger partial charge in [0, 0.05) is 6.04 Å².